The lowest BCUT2D eigenvalue weighted by molar-refractivity contribution is 0.0417. The van der Waals surface area contributed by atoms with Crippen molar-refractivity contribution in [2.75, 3.05) is 13.7 Å². The van der Waals surface area contributed by atoms with Crippen LogP contribution < -0.4 is 0 Å². The van der Waals surface area contributed by atoms with Crippen LogP contribution in [0.25, 0.3) is 11.1 Å². The van der Waals surface area contributed by atoms with E-state index in [0.29, 0.717) is 24.1 Å². The van der Waals surface area contributed by atoms with E-state index >= 15 is 0 Å². The number of aliphatic hydroxyl groups is 1. The summed E-state index contributed by atoms with van der Waals surface area (Å²) in [5.74, 6) is 0.153. The van der Waals surface area contributed by atoms with E-state index in [1.807, 2.05) is 43.3 Å². The maximum Gasteiger partial charge on any atom is 0.254 e. The van der Waals surface area contributed by atoms with Crippen molar-refractivity contribution in [3.63, 3.8) is 0 Å². The SMILES string of the molecule is CO/N=C1\C[C@@H]([C@@H](O)C2CC2)N(C(=O)c2ccc(-c3cccc(C#N)c3C)cc2)C1. The number of hydrogen-bond donors (Lipinski definition) is 1. The molecule has 1 amide bonds. The zero-order valence-electron chi connectivity index (χ0n) is 17.2. The fraction of sp³-hybridized carbons (Fsp3) is 0.375. The van der Waals surface area contributed by atoms with Gasteiger partial charge in [0.2, 0.25) is 0 Å². The Morgan fingerprint density at radius 1 is 1.27 bits per heavy atom. The van der Waals surface area contributed by atoms with Gasteiger partial charge in [-0.25, -0.2) is 0 Å². The van der Waals surface area contributed by atoms with Crippen LogP contribution in [0.5, 0.6) is 0 Å². The van der Waals surface area contributed by atoms with Crippen molar-refractivity contribution in [1.29, 1.82) is 5.26 Å². The summed E-state index contributed by atoms with van der Waals surface area (Å²) in [7, 11) is 1.49. The molecule has 0 radical (unpaired) electrons. The van der Waals surface area contributed by atoms with Gasteiger partial charge in [0, 0.05) is 12.0 Å². The van der Waals surface area contributed by atoms with Crippen LogP contribution in [0.3, 0.4) is 0 Å². The Morgan fingerprint density at radius 3 is 2.63 bits per heavy atom. The molecule has 2 aromatic carbocycles. The maximum absolute atomic E-state index is 13.2. The van der Waals surface area contributed by atoms with Crippen LogP contribution in [0.4, 0.5) is 0 Å². The molecule has 1 saturated heterocycles. The minimum Gasteiger partial charge on any atom is -0.399 e. The molecule has 1 N–H and O–H groups in total. The van der Waals surface area contributed by atoms with Crippen molar-refractivity contribution in [2.24, 2.45) is 11.1 Å². The van der Waals surface area contributed by atoms with E-state index in [-0.39, 0.29) is 17.9 Å². The Bertz CT molecular complexity index is 1020. The van der Waals surface area contributed by atoms with Crippen LogP contribution in [0.15, 0.2) is 47.6 Å². The highest BCUT2D eigenvalue weighted by atomic mass is 16.6. The Hall–Kier alpha value is -3.17. The molecule has 0 unspecified atom stereocenters. The van der Waals surface area contributed by atoms with Gasteiger partial charge in [-0.2, -0.15) is 5.26 Å². The molecule has 2 fully saturated rings. The standard InChI is InChI=1S/C24H25N3O3/c1-15-19(13-25)4-3-5-21(15)16-6-10-18(11-7-16)24(29)27-14-20(26-30-2)12-22(27)23(28)17-8-9-17/h3-7,10-11,17,22-23,28H,8-9,12,14H2,1-2H3/b26-20+/t22-,23-/m0/s1. The third-order valence-electron chi connectivity index (χ3n) is 6.08. The molecule has 1 aliphatic carbocycles. The average molecular weight is 403 g/mol. The number of carbonyl (C=O) groups is 1. The van der Waals surface area contributed by atoms with Crippen LogP contribution in [-0.2, 0) is 4.84 Å². The predicted octanol–water partition coefficient (Wildman–Crippen LogP) is 3.52. The molecule has 2 aromatic rings. The third-order valence-corrected chi connectivity index (χ3v) is 6.08. The maximum atomic E-state index is 13.2. The molecule has 1 heterocycles. The number of oxime groups is 1. The Morgan fingerprint density at radius 2 is 2.00 bits per heavy atom. The number of hydrogen-bond acceptors (Lipinski definition) is 5. The summed E-state index contributed by atoms with van der Waals surface area (Å²) in [6, 6.07) is 15.0. The summed E-state index contributed by atoms with van der Waals surface area (Å²) in [5, 5.41) is 24.0. The van der Waals surface area contributed by atoms with Crippen molar-refractivity contribution < 1.29 is 14.7 Å². The number of nitriles is 1. The van der Waals surface area contributed by atoms with E-state index in [4.69, 9.17) is 4.84 Å². The molecule has 30 heavy (non-hydrogen) atoms. The molecule has 154 valence electrons. The Kier molecular flexibility index (Phi) is 5.56. The molecule has 0 aromatic heterocycles. The minimum atomic E-state index is -0.533. The Balaban J connectivity index is 1.58. The number of carbonyl (C=O) groups excluding carboxylic acids is 1. The van der Waals surface area contributed by atoms with Crippen LogP contribution in [0.1, 0.15) is 40.7 Å². The molecule has 2 aliphatic rings. The van der Waals surface area contributed by atoms with E-state index in [0.717, 1.165) is 35.2 Å². The normalized spacial score (nSPS) is 20.8. The predicted molar refractivity (Wildman–Crippen MR) is 114 cm³/mol. The first-order valence-electron chi connectivity index (χ1n) is 10.2. The van der Waals surface area contributed by atoms with E-state index in [1.54, 1.807) is 11.0 Å². The monoisotopic (exact) mass is 403 g/mol. The lowest BCUT2D eigenvalue weighted by atomic mass is 9.96. The van der Waals surface area contributed by atoms with Gasteiger partial charge < -0.3 is 14.8 Å². The lowest BCUT2D eigenvalue weighted by Gasteiger charge is -2.28. The zero-order chi connectivity index (χ0) is 21.3. The van der Waals surface area contributed by atoms with E-state index < -0.39 is 6.10 Å². The molecule has 1 saturated carbocycles. The van der Waals surface area contributed by atoms with Gasteiger partial charge in [-0.15, -0.1) is 0 Å². The van der Waals surface area contributed by atoms with Gasteiger partial charge in [-0.1, -0.05) is 29.4 Å². The third kappa shape index (κ3) is 3.81. The highest BCUT2D eigenvalue weighted by Crippen LogP contribution is 2.38. The van der Waals surface area contributed by atoms with Gasteiger partial charge in [0.15, 0.2) is 0 Å². The van der Waals surface area contributed by atoms with Crippen LogP contribution in [0.2, 0.25) is 0 Å². The fourth-order valence-corrected chi connectivity index (χ4v) is 4.23. The molecule has 6 heteroatoms. The summed E-state index contributed by atoms with van der Waals surface area (Å²) in [6.07, 6.45) is 2.02. The van der Waals surface area contributed by atoms with E-state index in [2.05, 4.69) is 11.2 Å². The lowest BCUT2D eigenvalue weighted by Crippen LogP contribution is -2.43. The van der Waals surface area contributed by atoms with E-state index in [9.17, 15) is 15.2 Å². The molecular formula is C24H25N3O3. The van der Waals surface area contributed by atoms with Gasteiger partial charge in [-0.3, -0.25) is 4.79 Å². The zero-order valence-corrected chi connectivity index (χ0v) is 17.2. The summed E-state index contributed by atoms with van der Waals surface area (Å²) in [5.41, 5.74) is 4.85. The second kappa shape index (κ2) is 8.29. The summed E-state index contributed by atoms with van der Waals surface area (Å²) in [6.45, 7) is 2.30. The van der Waals surface area contributed by atoms with Crippen LogP contribution in [-0.4, -0.2) is 47.4 Å². The van der Waals surface area contributed by atoms with Gasteiger partial charge in [0.1, 0.15) is 7.11 Å². The van der Waals surface area contributed by atoms with E-state index in [1.165, 1.54) is 7.11 Å². The van der Waals surface area contributed by atoms with Crippen molar-refractivity contribution in [1.82, 2.24) is 4.90 Å². The first kappa shape index (κ1) is 20.1. The first-order valence-corrected chi connectivity index (χ1v) is 10.2. The number of likely N-dealkylation sites (tertiary alicyclic amines) is 1. The molecule has 4 rings (SSSR count). The second-order valence-corrected chi connectivity index (χ2v) is 8.04. The molecular weight excluding hydrogens is 378 g/mol. The minimum absolute atomic E-state index is 0.116. The molecule has 0 spiro atoms. The summed E-state index contributed by atoms with van der Waals surface area (Å²) in [4.78, 5) is 19.9. The fourth-order valence-electron chi connectivity index (χ4n) is 4.23. The highest BCUT2D eigenvalue weighted by molar-refractivity contribution is 6.00. The summed E-state index contributed by atoms with van der Waals surface area (Å²) >= 11 is 0. The second-order valence-electron chi connectivity index (χ2n) is 8.04. The summed E-state index contributed by atoms with van der Waals surface area (Å²) < 4.78 is 0. The topological polar surface area (TPSA) is 85.9 Å². The van der Waals surface area contributed by atoms with Crippen molar-refractivity contribution in [2.45, 2.75) is 38.3 Å². The van der Waals surface area contributed by atoms with Gasteiger partial charge in [-0.05, 0) is 60.6 Å². The van der Waals surface area contributed by atoms with Crippen molar-refractivity contribution in [3.8, 4) is 17.2 Å². The first-order chi connectivity index (χ1) is 14.5. The molecule has 1 aliphatic heterocycles. The Labute approximate surface area is 176 Å². The number of amides is 1. The van der Waals surface area contributed by atoms with Crippen LogP contribution >= 0.6 is 0 Å². The van der Waals surface area contributed by atoms with Crippen molar-refractivity contribution >= 4 is 11.6 Å². The van der Waals surface area contributed by atoms with Crippen LogP contribution in [0, 0.1) is 24.2 Å². The number of benzene rings is 2. The average Bonchev–Trinajstić information content (AvgIpc) is 3.53. The number of rotatable bonds is 5. The van der Waals surface area contributed by atoms with Crippen molar-refractivity contribution in [3.05, 3.63) is 59.2 Å². The van der Waals surface area contributed by atoms with Gasteiger partial charge >= 0.3 is 0 Å². The molecule has 2 atom stereocenters. The van der Waals surface area contributed by atoms with Gasteiger partial charge in [0.25, 0.3) is 5.91 Å². The smallest absolute Gasteiger partial charge is 0.254 e. The largest absolute Gasteiger partial charge is 0.399 e. The molecule has 6 nitrogen and oxygen atoms in total. The quantitative estimate of drug-likeness (QED) is 0.774. The number of aliphatic hydroxyl groups excluding tert-OH is 1. The number of nitrogens with zero attached hydrogens (tertiary/aromatic N) is 3. The molecule has 0 bridgehead atoms. The highest BCUT2D eigenvalue weighted by Gasteiger charge is 2.44. The van der Waals surface area contributed by atoms with Gasteiger partial charge in [0.05, 0.1) is 36.0 Å².